The molecule has 6 nitrogen and oxygen atoms in total. The van der Waals surface area contributed by atoms with Crippen LogP contribution in [-0.2, 0) is 9.59 Å². The summed E-state index contributed by atoms with van der Waals surface area (Å²) in [7, 11) is 0. The molecule has 0 aromatic heterocycles. The van der Waals surface area contributed by atoms with Gasteiger partial charge < -0.3 is 20.6 Å². The molecule has 0 radical (unpaired) electrons. The van der Waals surface area contributed by atoms with Crippen LogP contribution in [0.15, 0.2) is 35.9 Å². The number of anilines is 1. The molecular weight excluding hydrogens is 450 g/mol. The number of benzene rings is 1. The average molecular weight is 494 g/mol. The number of allylic oxidation sites excluding steroid dienone is 1. The molecule has 36 heavy (non-hydrogen) atoms. The Hall–Kier alpha value is -2.78. The molecule has 196 valence electrons. The smallest absolute Gasteiger partial charge is 0.222 e. The second-order valence-corrected chi connectivity index (χ2v) is 10.8. The number of aliphatic hydroxyl groups is 1. The van der Waals surface area contributed by atoms with Gasteiger partial charge in [-0.1, -0.05) is 36.8 Å². The number of hydrogen-bond donors (Lipinski definition) is 2. The fourth-order valence-corrected chi connectivity index (χ4v) is 5.00. The van der Waals surface area contributed by atoms with Gasteiger partial charge >= 0.3 is 0 Å². The Bertz CT molecular complexity index is 971. The zero-order valence-electron chi connectivity index (χ0n) is 22.3. The van der Waals surface area contributed by atoms with Crippen LogP contribution in [0.4, 0.5) is 5.69 Å². The molecule has 1 atom stereocenters. The quantitative estimate of drug-likeness (QED) is 0.415. The number of likely N-dealkylation sites (tertiary alicyclic amines) is 1. The van der Waals surface area contributed by atoms with Gasteiger partial charge in [-0.2, -0.15) is 0 Å². The molecule has 1 unspecified atom stereocenters. The van der Waals surface area contributed by atoms with Crippen LogP contribution in [0.3, 0.4) is 0 Å². The Labute approximate surface area is 216 Å². The number of amides is 2. The van der Waals surface area contributed by atoms with Crippen molar-refractivity contribution in [3.8, 4) is 11.8 Å². The summed E-state index contributed by atoms with van der Waals surface area (Å²) in [6.07, 6.45) is 9.73. The van der Waals surface area contributed by atoms with Crippen LogP contribution in [0.1, 0.15) is 84.1 Å². The van der Waals surface area contributed by atoms with Crippen molar-refractivity contribution in [2.45, 2.75) is 90.2 Å². The van der Waals surface area contributed by atoms with Crippen molar-refractivity contribution < 1.29 is 14.7 Å². The van der Waals surface area contributed by atoms with E-state index in [2.05, 4.69) is 48.8 Å². The summed E-state index contributed by atoms with van der Waals surface area (Å²) in [6.45, 7) is 8.27. The third kappa shape index (κ3) is 8.13. The SMILES string of the molecule is CC(C)=CCN(c1ccc(C#CC2(O)CCCCC2)cc1)C1CCN(C(=O)CCC(C)C(N)=O)CC1. The largest absolute Gasteiger partial charge is 0.378 e. The molecule has 1 aromatic rings. The molecule has 0 bridgehead atoms. The summed E-state index contributed by atoms with van der Waals surface area (Å²) in [5, 5.41) is 10.7. The predicted octanol–water partition coefficient (Wildman–Crippen LogP) is 4.40. The maximum Gasteiger partial charge on any atom is 0.222 e. The highest BCUT2D eigenvalue weighted by Gasteiger charge is 2.28. The van der Waals surface area contributed by atoms with Crippen molar-refractivity contribution >= 4 is 17.5 Å². The van der Waals surface area contributed by atoms with E-state index in [-0.39, 0.29) is 17.7 Å². The van der Waals surface area contributed by atoms with E-state index in [1.807, 2.05) is 17.0 Å². The Kier molecular flexibility index (Phi) is 10.0. The molecule has 0 spiro atoms. The molecule has 3 rings (SSSR count). The number of hydrogen-bond acceptors (Lipinski definition) is 4. The molecule has 1 aromatic carbocycles. The first-order valence-corrected chi connectivity index (χ1v) is 13.5. The van der Waals surface area contributed by atoms with Gasteiger partial charge in [-0.3, -0.25) is 9.59 Å². The van der Waals surface area contributed by atoms with Gasteiger partial charge in [0.05, 0.1) is 0 Å². The summed E-state index contributed by atoms with van der Waals surface area (Å²) < 4.78 is 0. The Morgan fingerprint density at radius 2 is 1.81 bits per heavy atom. The van der Waals surface area contributed by atoms with Gasteiger partial charge in [0.15, 0.2) is 0 Å². The third-order valence-corrected chi connectivity index (χ3v) is 7.55. The fraction of sp³-hybridized carbons (Fsp3) is 0.600. The zero-order chi connectivity index (χ0) is 26.1. The number of nitrogens with zero attached hydrogens (tertiary/aromatic N) is 2. The van der Waals surface area contributed by atoms with Crippen LogP contribution in [-0.4, -0.2) is 53.1 Å². The molecule has 3 N–H and O–H groups in total. The third-order valence-electron chi connectivity index (χ3n) is 7.55. The van der Waals surface area contributed by atoms with Gasteiger partial charge in [-0.05, 0) is 83.1 Å². The minimum absolute atomic E-state index is 0.111. The topological polar surface area (TPSA) is 86.9 Å². The lowest BCUT2D eigenvalue weighted by molar-refractivity contribution is -0.132. The minimum Gasteiger partial charge on any atom is -0.378 e. The molecule has 2 fully saturated rings. The van der Waals surface area contributed by atoms with Crippen LogP contribution >= 0.6 is 0 Å². The summed E-state index contributed by atoms with van der Waals surface area (Å²) in [4.78, 5) is 28.3. The van der Waals surface area contributed by atoms with Crippen molar-refractivity contribution in [3.63, 3.8) is 0 Å². The van der Waals surface area contributed by atoms with Gasteiger partial charge in [-0.15, -0.1) is 0 Å². The molecule has 2 aliphatic rings. The molecule has 6 heteroatoms. The summed E-state index contributed by atoms with van der Waals surface area (Å²) in [5.41, 5.74) is 7.84. The van der Waals surface area contributed by atoms with Crippen LogP contribution < -0.4 is 10.6 Å². The van der Waals surface area contributed by atoms with E-state index >= 15 is 0 Å². The summed E-state index contributed by atoms with van der Waals surface area (Å²) in [5.74, 6) is 5.81. The van der Waals surface area contributed by atoms with Crippen LogP contribution in [0.2, 0.25) is 0 Å². The van der Waals surface area contributed by atoms with Crippen molar-refractivity contribution in [1.29, 1.82) is 0 Å². The Balaban J connectivity index is 1.63. The van der Waals surface area contributed by atoms with E-state index in [0.717, 1.165) is 69.4 Å². The van der Waals surface area contributed by atoms with E-state index in [1.165, 1.54) is 12.0 Å². The Morgan fingerprint density at radius 1 is 1.17 bits per heavy atom. The van der Waals surface area contributed by atoms with Gasteiger partial charge in [-0.25, -0.2) is 0 Å². The van der Waals surface area contributed by atoms with Crippen LogP contribution in [0.25, 0.3) is 0 Å². The second kappa shape index (κ2) is 13.0. The standard InChI is InChI=1S/C30H43N3O3/c1-23(2)14-22-33(27-15-20-32(21-16-27)28(34)12-7-24(3)29(31)35)26-10-8-25(9-11-26)13-19-30(36)17-5-4-6-18-30/h8-11,14,24,27,36H,4-7,12,15-18,20-22H2,1-3H3,(H2,31,35). The first kappa shape index (κ1) is 27.8. The van der Waals surface area contributed by atoms with E-state index in [0.29, 0.717) is 18.9 Å². The van der Waals surface area contributed by atoms with Gasteiger partial charge in [0.25, 0.3) is 0 Å². The van der Waals surface area contributed by atoms with Crippen molar-refractivity contribution in [2.24, 2.45) is 11.7 Å². The molecule has 1 saturated carbocycles. The van der Waals surface area contributed by atoms with Crippen molar-refractivity contribution in [2.75, 3.05) is 24.5 Å². The number of primary amides is 1. The van der Waals surface area contributed by atoms with Crippen LogP contribution in [0.5, 0.6) is 0 Å². The second-order valence-electron chi connectivity index (χ2n) is 10.8. The highest BCUT2D eigenvalue weighted by atomic mass is 16.3. The number of carbonyl (C=O) groups excluding carboxylic acids is 2. The number of rotatable bonds is 8. The lowest BCUT2D eigenvalue weighted by Gasteiger charge is -2.39. The molecule has 1 heterocycles. The van der Waals surface area contributed by atoms with E-state index in [1.54, 1.807) is 6.92 Å². The van der Waals surface area contributed by atoms with Gasteiger partial charge in [0.1, 0.15) is 5.60 Å². The molecule has 2 amide bonds. The average Bonchev–Trinajstić information content (AvgIpc) is 2.87. The summed E-state index contributed by atoms with van der Waals surface area (Å²) >= 11 is 0. The maximum absolute atomic E-state index is 12.6. The highest BCUT2D eigenvalue weighted by Crippen LogP contribution is 2.28. The molecular formula is C30H43N3O3. The summed E-state index contributed by atoms with van der Waals surface area (Å²) in [6, 6.07) is 8.67. The molecule has 1 aliphatic heterocycles. The minimum atomic E-state index is -0.838. The molecule has 1 aliphatic carbocycles. The van der Waals surface area contributed by atoms with Gasteiger partial charge in [0.2, 0.25) is 11.8 Å². The Morgan fingerprint density at radius 3 is 2.39 bits per heavy atom. The number of nitrogens with two attached hydrogens (primary N) is 1. The highest BCUT2D eigenvalue weighted by molar-refractivity contribution is 5.79. The first-order valence-electron chi connectivity index (χ1n) is 13.5. The fourth-order valence-electron chi connectivity index (χ4n) is 5.00. The van der Waals surface area contributed by atoms with Crippen molar-refractivity contribution in [3.05, 3.63) is 41.5 Å². The normalized spacial score (nSPS) is 18.5. The van der Waals surface area contributed by atoms with E-state index in [4.69, 9.17) is 5.73 Å². The van der Waals surface area contributed by atoms with Gasteiger partial charge in [0, 0.05) is 49.3 Å². The zero-order valence-corrected chi connectivity index (χ0v) is 22.3. The van der Waals surface area contributed by atoms with E-state index in [9.17, 15) is 14.7 Å². The predicted molar refractivity (Wildman–Crippen MR) is 145 cm³/mol. The molecule has 1 saturated heterocycles. The van der Waals surface area contributed by atoms with E-state index < -0.39 is 5.60 Å². The lowest BCUT2D eigenvalue weighted by Crippen LogP contribution is -2.47. The lowest BCUT2D eigenvalue weighted by atomic mass is 9.85. The monoisotopic (exact) mass is 493 g/mol. The maximum atomic E-state index is 12.6. The number of carbonyl (C=O) groups is 2. The first-order chi connectivity index (χ1) is 17.2. The van der Waals surface area contributed by atoms with Crippen molar-refractivity contribution in [1.82, 2.24) is 4.90 Å². The van der Waals surface area contributed by atoms with Crippen LogP contribution in [0, 0.1) is 17.8 Å². The number of piperidine rings is 1.